The average molecular weight is 407 g/mol. The normalized spacial score (nSPS) is 24.1. The molecule has 3 aliphatic rings. The van der Waals surface area contributed by atoms with Crippen LogP contribution in [0.3, 0.4) is 0 Å². The molecule has 5 nitrogen and oxygen atoms in total. The quantitative estimate of drug-likeness (QED) is 0.668. The summed E-state index contributed by atoms with van der Waals surface area (Å²) in [6.45, 7) is 18.9. The highest BCUT2D eigenvalue weighted by Gasteiger charge is 2.29. The lowest BCUT2D eigenvalue weighted by Crippen LogP contribution is -2.54. The van der Waals surface area contributed by atoms with E-state index in [4.69, 9.17) is 0 Å². The van der Waals surface area contributed by atoms with Crippen LogP contribution in [0.2, 0.25) is 0 Å². The fraction of sp³-hybridized carbons (Fsp3) is 0.958. The average Bonchev–Trinajstić information content (AvgIpc) is 2.74. The van der Waals surface area contributed by atoms with Crippen LogP contribution in [0.1, 0.15) is 66.2 Å². The Balaban J connectivity index is 1.28. The Bertz CT molecular complexity index is 485. The van der Waals surface area contributed by atoms with Crippen LogP contribution in [0.15, 0.2) is 0 Å². The van der Waals surface area contributed by atoms with E-state index in [0.29, 0.717) is 12.1 Å². The van der Waals surface area contributed by atoms with Crippen molar-refractivity contribution in [1.29, 1.82) is 0 Å². The molecule has 3 fully saturated rings. The third-order valence-corrected chi connectivity index (χ3v) is 7.86. The van der Waals surface area contributed by atoms with E-state index in [1.54, 1.807) is 0 Å². The molecule has 0 N–H and O–H groups in total. The number of urea groups is 1. The van der Waals surface area contributed by atoms with Gasteiger partial charge in [-0.2, -0.15) is 0 Å². The first-order chi connectivity index (χ1) is 13.9. The summed E-state index contributed by atoms with van der Waals surface area (Å²) in [6, 6.07) is 1.00. The molecule has 29 heavy (non-hydrogen) atoms. The lowest BCUT2D eigenvalue weighted by Gasteiger charge is -2.40. The molecule has 2 amide bonds. The number of hydrogen-bond acceptors (Lipinski definition) is 3. The van der Waals surface area contributed by atoms with E-state index in [-0.39, 0.29) is 0 Å². The van der Waals surface area contributed by atoms with E-state index in [0.717, 1.165) is 57.0 Å². The Labute approximate surface area is 179 Å². The zero-order valence-corrected chi connectivity index (χ0v) is 19.6. The smallest absolute Gasteiger partial charge is 0.320 e. The zero-order chi connectivity index (χ0) is 20.8. The maximum absolute atomic E-state index is 12.9. The van der Waals surface area contributed by atoms with Gasteiger partial charge >= 0.3 is 6.03 Å². The predicted molar refractivity (Wildman–Crippen MR) is 121 cm³/mol. The number of likely N-dealkylation sites (tertiary alicyclic amines) is 2. The standard InChI is InChI=1S/C24H46N4O/c1-20(2)23-9-14-27(15-10-23)24(29)28-18-16-25(17-19-28)11-5-6-22-7-12-26(13-8-22)21(3)4/h20-23H,5-19H2,1-4H3. The molecule has 0 spiro atoms. The van der Waals surface area contributed by atoms with Crippen molar-refractivity contribution in [2.45, 2.75) is 72.3 Å². The fourth-order valence-corrected chi connectivity index (χ4v) is 5.48. The number of rotatable bonds is 6. The second kappa shape index (κ2) is 11.0. The number of amides is 2. The van der Waals surface area contributed by atoms with E-state index in [1.165, 1.54) is 58.2 Å². The summed E-state index contributed by atoms with van der Waals surface area (Å²) in [5, 5.41) is 0. The van der Waals surface area contributed by atoms with Gasteiger partial charge in [-0.1, -0.05) is 13.8 Å². The highest BCUT2D eigenvalue weighted by atomic mass is 16.2. The molecule has 3 saturated heterocycles. The monoisotopic (exact) mass is 406 g/mol. The summed E-state index contributed by atoms with van der Waals surface area (Å²) in [5.74, 6) is 2.48. The van der Waals surface area contributed by atoms with Crippen molar-refractivity contribution in [2.75, 3.05) is 58.9 Å². The van der Waals surface area contributed by atoms with Crippen molar-refractivity contribution in [3.05, 3.63) is 0 Å². The Kier molecular flexibility index (Phi) is 8.67. The molecule has 0 radical (unpaired) electrons. The third-order valence-electron chi connectivity index (χ3n) is 7.86. The van der Waals surface area contributed by atoms with Crippen LogP contribution in [0.25, 0.3) is 0 Å². The van der Waals surface area contributed by atoms with Crippen molar-refractivity contribution in [3.63, 3.8) is 0 Å². The summed E-state index contributed by atoms with van der Waals surface area (Å²) in [5.41, 5.74) is 0. The van der Waals surface area contributed by atoms with Gasteiger partial charge in [0.05, 0.1) is 0 Å². The summed E-state index contributed by atoms with van der Waals surface area (Å²) in [6.07, 6.45) is 7.83. The van der Waals surface area contributed by atoms with E-state index in [9.17, 15) is 4.79 Å². The second-order valence-corrected chi connectivity index (χ2v) is 10.4. The van der Waals surface area contributed by atoms with E-state index in [1.807, 2.05) is 0 Å². The topological polar surface area (TPSA) is 30.0 Å². The molecule has 3 heterocycles. The van der Waals surface area contributed by atoms with Crippen molar-refractivity contribution in [1.82, 2.24) is 19.6 Å². The van der Waals surface area contributed by atoms with Crippen LogP contribution >= 0.6 is 0 Å². The Hall–Kier alpha value is -0.810. The molecule has 0 aromatic carbocycles. The van der Waals surface area contributed by atoms with Crippen molar-refractivity contribution >= 4 is 6.03 Å². The highest BCUT2D eigenvalue weighted by molar-refractivity contribution is 5.74. The maximum atomic E-state index is 12.9. The summed E-state index contributed by atoms with van der Waals surface area (Å²) >= 11 is 0. The first-order valence-electron chi connectivity index (χ1n) is 12.4. The van der Waals surface area contributed by atoms with Crippen molar-refractivity contribution in [3.8, 4) is 0 Å². The van der Waals surface area contributed by atoms with Gasteiger partial charge in [-0.05, 0) is 89.8 Å². The number of piperidine rings is 2. The third kappa shape index (κ3) is 6.58. The number of nitrogens with zero attached hydrogens (tertiary/aromatic N) is 4. The minimum Gasteiger partial charge on any atom is -0.325 e. The molecule has 0 bridgehead atoms. The SMILES string of the molecule is CC(C)C1CCN(C(=O)N2CCN(CCCC3CCN(C(C)C)CC3)CC2)CC1. The first kappa shape index (κ1) is 22.9. The molecule has 0 aliphatic carbocycles. The first-order valence-corrected chi connectivity index (χ1v) is 12.4. The van der Waals surface area contributed by atoms with Gasteiger partial charge in [-0.3, -0.25) is 4.90 Å². The lowest BCUT2D eigenvalue weighted by atomic mass is 9.87. The minimum absolute atomic E-state index is 0.295. The van der Waals surface area contributed by atoms with Gasteiger partial charge in [0, 0.05) is 45.3 Å². The summed E-state index contributed by atoms with van der Waals surface area (Å²) < 4.78 is 0. The molecule has 0 aromatic rings. The van der Waals surface area contributed by atoms with E-state index in [2.05, 4.69) is 47.3 Å². The molecule has 3 aliphatic heterocycles. The highest BCUT2D eigenvalue weighted by Crippen LogP contribution is 2.26. The molecular formula is C24H46N4O. The Morgan fingerprint density at radius 1 is 0.793 bits per heavy atom. The van der Waals surface area contributed by atoms with Crippen LogP contribution in [-0.4, -0.2) is 90.6 Å². The predicted octanol–water partition coefficient (Wildman–Crippen LogP) is 3.99. The fourth-order valence-electron chi connectivity index (χ4n) is 5.48. The van der Waals surface area contributed by atoms with Crippen LogP contribution in [-0.2, 0) is 0 Å². The molecular weight excluding hydrogens is 360 g/mol. The van der Waals surface area contributed by atoms with E-state index < -0.39 is 0 Å². The zero-order valence-electron chi connectivity index (χ0n) is 19.6. The summed E-state index contributed by atoms with van der Waals surface area (Å²) in [7, 11) is 0. The van der Waals surface area contributed by atoms with Gasteiger partial charge in [-0.15, -0.1) is 0 Å². The molecule has 0 unspecified atom stereocenters. The molecule has 5 heteroatoms. The van der Waals surface area contributed by atoms with E-state index >= 15 is 0 Å². The molecule has 3 rings (SSSR count). The number of carbonyl (C=O) groups excluding carboxylic acids is 1. The van der Waals surface area contributed by atoms with Gasteiger partial charge in [-0.25, -0.2) is 4.79 Å². The van der Waals surface area contributed by atoms with Crippen LogP contribution in [0, 0.1) is 17.8 Å². The Morgan fingerprint density at radius 3 is 1.93 bits per heavy atom. The van der Waals surface area contributed by atoms with Crippen molar-refractivity contribution in [2.24, 2.45) is 17.8 Å². The minimum atomic E-state index is 0.295. The maximum Gasteiger partial charge on any atom is 0.320 e. The Morgan fingerprint density at radius 2 is 1.38 bits per heavy atom. The molecule has 0 atom stereocenters. The van der Waals surface area contributed by atoms with Gasteiger partial charge in [0.25, 0.3) is 0 Å². The molecule has 168 valence electrons. The van der Waals surface area contributed by atoms with Gasteiger partial charge in [0.15, 0.2) is 0 Å². The van der Waals surface area contributed by atoms with Crippen LogP contribution in [0.4, 0.5) is 4.79 Å². The number of hydrogen-bond donors (Lipinski definition) is 0. The molecule has 0 aromatic heterocycles. The largest absolute Gasteiger partial charge is 0.325 e. The van der Waals surface area contributed by atoms with Gasteiger partial charge in [0.1, 0.15) is 0 Å². The van der Waals surface area contributed by atoms with Crippen LogP contribution < -0.4 is 0 Å². The van der Waals surface area contributed by atoms with Gasteiger partial charge in [0.2, 0.25) is 0 Å². The second-order valence-electron chi connectivity index (χ2n) is 10.4. The number of carbonyl (C=O) groups is 1. The molecule has 0 saturated carbocycles. The lowest BCUT2D eigenvalue weighted by molar-refractivity contribution is 0.0944. The van der Waals surface area contributed by atoms with Crippen molar-refractivity contribution < 1.29 is 4.79 Å². The number of piperazine rings is 1. The summed E-state index contributed by atoms with van der Waals surface area (Å²) in [4.78, 5) is 22.3. The van der Waals surface area contributed by atoms with Crippen LogP contribution in [0.5, 0.6) is 0 Å². The van der Waals surface area contributed by atoms with Gasteiger partial charge < -0.3 is 14.7 Å².